The normalized spacial score (nSPS) is 10.4. The molecule has 3 N–H and O–H groups in total. The summed E-state index contributed by atoms with van der Waals surface area (Å²) in [6.45, 7) is 4.15. The molecule has 10 heavy (non-hydrogen) atoms. The van der Waals surface area contributed by atoms with Crippen molar-refractivity contribution in [2.45, 2.75) is 19.8 Å². The van der Waals surface area contributed by atoms with Crippen LogP contribution in [0.2, 0.25) is 0 Å². The highest BCUT2D eigenvalue weighted by atomic mass is 15.6. The van der Waals surface area contributed by atoms with E-state index < -0.39 is 0 Å². The van der Waals surface area contributed by atoms with E-state index in [0.29, 0.717) is 5.92 Å². The molecular weight excluding hydrogens is 130 g/mol. The lowest BCUT2D eigenvalue weighted by Gasteiger charge is -2.06. The molecule has 0 atom stereocenters. The fourth-order valence-corrected chi connectivity index (χ4v) is 0.643. The van der Waals surface area contributed by atoms with Gasteiger partial charge in [0, 0.05) is 13.0 Å². The standard InChI is InChI=1S/C5H13N5/c1-4(2)5-6-8-9-10(3)7-5/h4,8-9H,1-3H3,(H,6,7). The third-order valence-corrected chi connectivity index (χ3v) is 1.22. The van der Waals surface area contributed by atoms with E-state index >= 15 is 0 Å². The van der Waals surface area contributed by atoms with Crippen molar-refractivity contribution < 1.29 is 0 Å². The Balaban J connectivity index is 2.96. The predicted octanol–water partition coefficient (Wildman–Crippen LogP) is 0.652. The fraction of sp³-hybridized carbons (Fsp3) is 0.800. The molecule has 1 aromatic heterocycles. The Morgan fingerprint density at radius 1 is 1.50 bits per heavy atom. The topological polar surface area (TPSA) is 65.2 Å². The molecule has 5 heteroatoms. The number of nitrogens with zero attached hydrogens (tertiary/aromatic N) is 2. The van der Waals surface area contributed by atoms with Crippen molar-refractivity contribution in [3.63, 3.8) is 0 Å². The van der Waals surface area contributed by atoms with Gasteiger partial charge in [-0.15, -0.1) is 5.10 Å². The average molecular weight is 143 g/mol. The highest BCUT2D eigenvalue weighted by Gasteiger charge is 1.98. The molecule has 1 aromatic rings. The summed E-state index contributed by atoms with van der Waals surface area (Å²) in [6.07, 6.45) is 0. The zero-order valence-electron chi connectivity index (χ0n) is 6.47. The Labute approximate surface area is 59.1 Å². The van der Waals surface area contributed by atoms with E-state index in [1.54, 1.807) is 4.80 Å². The van der Waals surface area contributed by atoms with Crippen molar-refractivity contribution in [2.75, 3.05) is 0 Å². The lowest BCUT2D eigenvalue weighted by molar-refractivity contribution is 0.488. The molecule has 0 saturated carbocycles. The number of aryl methyl sites for hydroxylation is 1. The van der Waals surface area contributed by atoms with Gasteiger partial charge in [0.25, 0.3) is 0 Å². The van der Waals surface area contributed by atoms with Crippen molar-refractivity contribution in [3.05, 3.63) is 5.82 Å². The first-order valence-electron chi connectivity index (χ1n) is 3.29. The van der Waals surface area contributed by atoms with Crippen molar-refractivity contribution >= 4 is 0 Å². The zero-order chi connectivity index (χ0) is 7.56. The SMILES string of the molecule is CC(C)c1n[nH][nH]n(C)[nH]1. The molecule has 1 rings (SSSR count). The highest BCUT2D eigenvalue weighted by Crippen LogP contribution is 2.03. The summed E-state index contributed by atoms with van der Waals surface area (Å²) in [7, 11) is 1.87. The van der Waals surface area contributed by atoms with Gasteiger partial charge in [-0.1, -0.05) is 13.8 Å². The first kappa shape index (κ1) is 6.98. The van der Waals surface area contributed by atoms with Crippen molar-refractivity contribution in [1.29, 1.82) is 0 Å². The molecule has 5 nitrogen and oxygen atoms in total. The summed E-state index contributed by atoms with van der Waals surface area (Å²) in [5.41, 5.74) is 0. The van der Waals surface area contributed by atoms with E-state index in [9.17, 15) is 0 Å². The van der Waals surface area contributed by atoms with Gasteiger partial charge in [-0.05, 0) is 0 Å². The Bertz CT molecular complexity index is 221. The van der Waals surface area contributed by atoms with Crippen LogP contribution in [0.5, 0.6) is 0 Å². The summed E-state index contributed by atoms with van der Waals surface area (Å²) >= 11 is 0. The maximum atomic E-state index is 3.98. The molecule has 0 spiro atoms. The first-order valence-corrected chi connectivity index (χ1v) is 3.29. The Morgan fingerprint density at radius 3 is 2.60 bits per heavy atom. The van der Waals surface area contributed by atoms with Crippen LogP contribution in [0, 0.1) is 0 Å². The predicted molar refractivity (Wildman–Crippen MR) is 38.0 cm³/mol. The highest BCUT2D eigenvalue weighted by molar-refractivity contribution is 4.83. The van der Waals surface area contributed by atoms with Gasteiger partial charge < -0.3 is 0 Å². The van der Waals surface area contributed by atoms with Gasteiger partial charge in [0.05, 0.1) is 0 Å². The molecule has 0 aliphatic rings. The van der Waals surface area contributed by atoms with Crippen LogP contribution in [0.1, 0.15) is 25.6 Å². The molecule has 1 heterocycles. The number of hydrogen-bond acceptors (Lipinski definition) is 1. The molecule has 0 aliphatic carbocycles. The smallest absolute Gasteiger partial charge is 0.146 e. The summed E-state index contributed by atoms with van der Waals surface area (Å²) < 4.78 is 0. The van der Waals surface area contributed by atoms with Gasteiger partial charge in [0.15, 0.2) is 0 Å². The fourth-order valence-electron chi connectivity index (χ4n) is 0.643. The molecule has 0 fully saturated rings. The van der Waals surface area contributed by atoms with Crippen LogP contribution in [0.3, 0.4) is 0 Å². The van der Waals surface area contributed by atoms with Crippen LogP contribution in [0.4, 0.5) is 0 Å². The largest absolute Gasteiger partial charge is 0.268 e. The number of aromatic nitrogens is 5. The first-order chi connectivity index (χ1) is 4.70. The van der Waals surface area contributed by atoms with Crippen LogP contribution in [0.25, 0.3) is 0 Å². The summed E-state index contributed by atoms with van der Waals surface area (Å²) in [6, 6.07) is 0. The van der Waals surface area contributed by atoms with Gasteiger partial charge in [-0.3, -0.25) is 5.10 Å². The zero-order valence-corrected chi connectivity index (χ0v) is 6.47. The molecule has 0 aliphatic heterocycles. The molecule has 58 valence electrons. The van der Waals surface area contributed by atoms with Gasteiger partial charge in [0.1, 0.15) is 5.82 Å². The molecule has 0 amide bonds. The van der Waals surface area contributed by atoms with Crippen LogP contribution >= 0.6 is 0 Å². The van der Waals surface area contributed by atoms with Crippen molar-refractivity contribution in [3.8, 4) is 0 Å². The van der Waals surface area contributed by atoms with Crippen LogP contribution in [0.15, 0.2) is 0 Å². The molecule has 0 radical (unpaired) electrons. The second-order valence-corrected chi connectivity index (χ2v) is 2.55. The van der Waals surface area contributed by atoms with E-state index in [4.69, 9.17) is 0 Å². The summed E-state index contributed by atoms with van der Waals surface area (Å²) in [5, 5.41) is 12.4. The third kappa shape index (κ3) is 1.43. The van der Waals surface area contributed by atoms with E-state index in [2.05, 4.69) is 34.5 Å². The number of hydrogen-bond donors (Lipinski definition) is 3. The monoisotopic (exact) mass is 143 g/mol. The summed E-state index contributed by atoms with van der Waals surface area (Å²) in [5.74, 6) is 1.35. The second kappa shape index (κ2) is 2.64. The Kier molecular flexibility index (Phi) is 1.84. The lowest BCUT2D eigenvalue weighted by Crippen LogP contribution is -2.11. The molecule has 0 saturated heterocycles. The minimum atomic E-state index is 0.414. The van der Waals surface area contributed by atoms with Gasteiger partial charge in [-0.2, -0.15) is 0 Å². The Morgan fingerprint density at radius 2 is 2.20 bits per heavy atom. The van der Waals surface area contributed by atoms with Gasteiger partial charge >= 0.3 is 0 Å². The number of nitrogens with one attached hydrogen (secondary N) is 3. The number of rotatable bonds is 1. The van der Waals surface area contributed by atoms with Gasteiger partial charge in [-0.25, -0.2) is 15.2 Å². The van der Waals surface area contributed by atoms with E-state index in [1.165, 1.54) is 0 Å². The molecule has 0 bridgehead atoms. The van der Waals surface area contributed by atoms with E-state index in [1.807, 2.05) is 7.05 Å². The second-order valence-electron chi connectivity index (χ2n) is 2.55. The summed E-state index contributed by atoms with van der Waals surface area (Å²) in [4.78, 5) is 1.71. The van der Waals surface area contributed by atoms with Crippen LogP contribution < -0.4 is 0 Å². The Hall–Kier alpha value is -1.13. The molecule has 0 aromatic carbocycles. The number of aromatic amines is 3. The van der Waals surface area contributed by atoms with Gasteiger partial charge in [0.2, 0.25) is 0 Å². The maximum absolute atomic E-state index is 3.98. The van der Waals surface area contributed by atoms with Crippen molar-refractivity contribution in [2.24, 2.45) is 7.05 Å². The molecular formula is C5H13N5. The number of H-pyrrole nitrogens is 3. The molecule has 0 unspecified atom stereocenters. The average Bonchev–Trinajstić information content (AvgIpc) is 1.88. The third-order valence-electron chi connectivity index (χ3n) is 1.22. The van der Waals surface area contributed by atoms with E-state index in [0.717, 1.165) is 5.82 Å². The lowest BCUT2D eigenvalue weighted by atomic mass is 10.2. The minimum Gasteiger partial charge on any atom is -0.268 e. The van der Waals surface area contributed by atoms with E-state index in [-0.39, 0.29) is 0 Å². The quantitative estimate of drug-likeness (QED) is 0.531. The van der Waals surface area contributed by atoms with Crippen molar-refractivity contribution in [1.82, 2.24) is 25.4 Å². The van der Waals surface area contributed by atoms with Crippen LogP contribution in [-0.4, -0.2) is 25.4 Å². The van der Waals surface area contributed by atoms with Crippen LogP contribution in [-0.2, 0) is 7.05 Å². The maximum Gasteiger partial charge on any atom is 0.146 e. The minimum absolute atomic E-state index is 0.414.